The van der Waals surface area contributed by atoms with Gasteiger partial charge in [0.15, 0.2) is 6.10 Å². The number of carboxylic acids is 2. The van der Waals surface area contributed by atoms with Crippen molar-refractivity contribution < 1.29 is 29.7 Å². The van der Waals surface area contributed by atoms with Gasteiger partial charge in [0.25, 0.3) is 0 Å². The van der Waals surface area contributed by atoms with Crippen molar-refractivity contribution in [2.24, 2.45) is 11.8 Å². The van der Waals surface area contributed by atoms with Crippen molar-refractivity contribution in [3.05, 3.63) is 60.2 Å². The van der Waals surface area contributed by atoms with Crippen molar-refractivity contribution in [3.63, 3.8) is 0 Å². The Bertz CT molecular complexity index is 881. The molecule has 0 spiro atoms. The van der Waals surface area contributed by atoms with Gasteiger partial charge in [-0.1, -0.05) is 74.4 Å². The first-order valence-corrected chi connectivity index (χ1v) is 10.9. The summed E-state index contributed by atoms with van der Waals surface area (Å²) in [6.07, 6.45) is 0.826. The van der Waals surface area contributed by atoms with Gasteiger partial charge in [-0.25, -0.2) is 4.79 Å². The summed E-state index contributed by atoms with van der Waals surface area (Å²) in [4.78, 5) is 35.3. The highest BCUT2D eigenvalue weighted by molar-refractivity contribution is 5.81. The third kappa shape index (κ3) is 7.81. The molecule has 0 aliphatic carbocycles. The zero-order valence-electron chi connectivity index (χ0n) is 18.2. The van der Waals surface area contributed by atoms with Crippen LogP contribution in [-0.2, 0) is 20.8 Å². The van der Waals surface area contributed by atoms with E-state index in [1.165, 1.54) is 0 Å². The van der Waals surface area contributed by atoms with Gasteiger partial charge in [-0.05, 0) is 36.0 Å². The number of aliphatic hydroxyl groups excluding tert-OH is 1. The molecule has 3 atom stereocenters. The number of rotatable bonds is 13. The molecule has 1 amide bonds. The minimum Gasteiger partial charge on any atom is -0.481 e. The number of benzene rings is 2. The maximum absolute atomic E-state index is 12.8. The molecule has 32 heavy (non-hydrogen) atoms. The molecule has 0 saturated carbocycles. The SMILES string of the molecule is CCCC[C@H](C[C@@H](Cc1ccc(-c2ccccc2)cc1)C(=O)NCC(O)C(=O)O)C(=O)O. The number of aliphatic hydroxyl groups is 1. The average Bonchev–Trinajstić information content (AvgIpc) is 2.79. The number of unbranched alkanes of at least 4 members (excludes halogenated alkanes) is 1. The van der Waals surface area contributed by atoms with Gasteiger partial charge >= 0.3 is 11.9 Å². The van der Waals surface area contributed by atoms with Gasteiger partial charge in [-0.2, -0.15) is 0 Å². The van der Waals surface area contributed by atoms with E-state index in [9.17, 15) is 24.6 Å². The first-order chi connectivity index (χ1) is 15.3. The molecule has 0 radical (unpaired) electrons. The fraction of sp³-hybridized carbons (Fsp3) is 0.400. The number of amides is 1. The molecule has 0 aliphatic heterocycles. The fourth-order valence-corrected chi connectivity index (χ4v) is 3.60. The Hall–Kier alpha value is -3.19. The zero-order chi connectivity index (χ0) is 23.5. The molecule has 0 saturated heterocycles. The maximum atomic E-state index is 12.8. The van der Waals surface area contributed by atoms with Gasteiger partial charge in [0.2, 0.25) is 5.91 Å². The van der Waals surface area contributed by atoms with E-state index in [1.54, 1.807) is 0 Å². The third-order valence-corrected chi connectivity index (χ3v) is 5.49. The normalized spacial score (nSPS) is 13.7. The fourth-order valence-electron chi connectivity index (χ4n) is 3.60. The molecule has 7 heteroatoms. The molecule has 2 rings (SSSR count). The Morgan fingerprint density at radius 3 is 2.06 bits per heavy atom. The van der Waals surface area contributed by atoms with Crippen LogP contribution in [0.25, 0.3) is 11.1 Å². The molecule has 2 aromatic rings. The Morgan fingerprint density at radius 1 is 0.875 bits per heavy atom. The van der Waals surface area contributed by atoms with E-state index in [0.717, 1.165) is 29.5 Å². The van der Waals surface area contributed by atoms with E-state index < -0.39 is 42.3 Å². The Balaban J connectivity index is 2.16. The van der Waals surface area contributed by atoms with Crippen molar-refractivity contribution in [2.75, 3.05) is 6.54 Å². The van der Waals surface area contributed by atoms with Gasteiger partial charge in [-0.15, -0.1) is 0 Å². The second-order valence-corrected chi connectivity index (χ2v) is 7.98. The average molecular weight is 442 g/mol. The molecule has 0 aromatic heterocycles. The van der Waals surface area contributed by atoms with Crippen LogP contribution in [0.4, 0.5) is 0 Å². The van der Waals surface area contributed by atoms with E-state index in [2.05, 4.69) is 5.32 Å². The Labute approximate surface area is 188 Å². The summed E-state index contributed by atoms with van der Waals surface area (Å²) >= 11 is 0. The summed E-state index contributed by atoms with van der Waals surface area (Å²) in [6.45, 7) is 1.55. The van der Waals surface area contributed by atoms with Gasteiger partial charge < -0.3 is 20.6 Å². The van der Waals surface area contributed by atoms with Gasteiger partial charge in [-0.3, -0.25) is 9.59 Å². The number of hydrogen-bond acceptors (Lipinski definition) is 4. The summed E-state index contributed by atoms with van der Waals surface area (Å²) in [7, 11) is 0. The molecule has 172 valence electrons. The Morgan fingerprint density at radius 2 is 1.50 bits per heavy atom. The van der Waals surface area contributed by atoms with Crippen molar-refractivity contribution in [3.8, 4) is 11.1 Å². The van der Waals surface area contributed by atoms with E-state index >= 15 is 0 Å². The van der Waals surface area contributed by atoms with Crippen molar-refractivity contribution in [1.29, 1.82) is 0 Å². The van der Waals surface area contributed by atoms with Crippen LogP contribution in [0.2, 0.25) is 0 Å². The van der Waals surface area contributed by atoms with Gasteiger partial charge in [0, 0.05) is 5.92 Å². The molecule has 0 aliphatic rings. The zero-order valence-corrected chi connectivity index (χ0v) is 18.2. The number of carbonyl (C=O) groups excluding carboxylic acids is 1. The first kappa shape index (κ1) is 25.1. The van der Waals surface area contributed by atoms with Crippen molar-refractivity contribution >= 4 is 17.8 Å². The van der Waals surface area contributed by atoms with Crippen LogP contribution in [0.3, 0.4) is 0 Å². The predicted octanol–water partition coefficient (Wildman–Crippen LogP) is 3.36. The molecule has 7 nitrogen and oxygen atoms in total. The molecule has 0 fully saturated rings. The van der Waals surface area contributed by atoms with Crippen LogP contribution in [0.1, 0.15) is 38.2 Å². The highest BCUT2D eigenvalue weighted by Crippen LogP contribution is 2.25. The van der Waals surface area contributed by atoms with Crippen LogP contribution >= 0.6 is 0 Å². The van der Waals surface area contributed by atoms with Crippen molar-refractivity contribution in [2.45, 2.75) is 45.1 Å². The van der Waals surface area contributed by atoms with Crippen LogP contribution < -0.4 is 5.32 Å². The van der Waals surface area contributed by atoms with Crippen LogP contribution in [0.5, 0.6) is 0 Å². The molecule has 0 bridgehead atoms. The number of hydrogen-bond donors (Lipinski definition) is 4. The predicted molar refractivity (Wildman–Crippen MR) is 121 cm³/mol. The lowest BCUT2D eigenvalue weighted by Crippen LogP contribution is -2.41. The summed E-state index contributed by atoms with van der Waals surface area (Å²) < 4.78 is 0. The summed E-state index contributed by atoms with van der Waals surface area (Å²) in [5, 5.41) is 30.3. The van der Waals surface area contributed by atoms with Gasteiger partial charge in [0.1, 0.15) is 0 Å². The lowest BCUT2D eigenvalue weighted by atomic mass is 9.86. The lowest BCUT2D eigenvalue weighted by Gasteiger charge is -2.21. The molecular formula is C25H31NO6. The van der Waals surface area contributed by atoms with E-state index in [0.29, 0.717) is 12.8 Å². The van der Waals surface area contributed by atoms with Crippen LogP contribution in [0.15, 0.2) is 54.6 Å². The summed E-state index contributed by atoms with van der Waals surface area (Å²) in [5.74, 6) is -4.15. The Kier molecular flexibility index (Phi) is 9.88. The highest BCUT2D eigenvalue weighted by Gasteiger charge is 2.28. The lowest BCUT2D eigenvalue weighted by molar-refractivity contribution is -0.146. The minimum absolute atomic E-state index is 0.144. The molecule has 0 heterocycles. The summed E-state index contributed by atoms with van der Waals surface area (Å²) in [5.41, 5.74) is 2.98. The molecular weight excluding hydrogens is 410 g/mol. The van der Waals surface area contributed by atoms with Crippen molar-refractivity contribution in [1.82, 2.24) is 5.32 Å². The monoisotopic (exact) mass is 441 g/mol. The third-order valence-electron chi connectivity index (χ3n) is 5.49. The number of aliphatic carboxylic acids is 2. The van der Waals surface area contributed by atoms with E-state index in [-0.39, 0.29) is 6.42 Å². The van der Waals surface area contributed by atoms with E-state index in [4.69, 9.17) is 5.11 Å². The molecule has 4 N–H and O–H groups in total. The van der Waals surface area contributed by atoms with Crippen LogP contribution in [-0.4, -0.2) is 45.8 Å². The molecule has 2 aromatic carbocycles. The highest BCUT2D eigenvalue weighted by atomic mass is 16.4. The standard InChI is InChI=1S/C25H31NO6/c1-2-3-7-20(24(29)30)15-21(23(28)26-16-22(27)25(31)32)14-17-10-12-19(13-11-17)18-8-5-4-6-9-18/h4-6,8-13,20-22,27H,2-3,7,14-16H2,1H3,(H,26,28)(H,29,30)(H,31,32)/t20-,21-,22?/m1/s1. The first-order valence-electron chi connectivity index (χ1n) is 10.9. The van der Waals surface area contributed by atoms with Crippen LogP contribution in [0, 0.1) is 11.8 Å². The number of carboxylic acid groups (broad SMARTS) is 2. The maximum Gasteiger partial charge on any atom is 0.334 e. The van der Waals surface area contributed by atoms with Gasteiger partial charge in [0.05, 0.1) is 12.5 Å². The van der Waals surface area contributed by atoms with E-state index in [1.807, 2.05) is 61.5 Å². The second-order valence-electron chi connectivity index (χ2n) is 7.98. The quantitative estimate of drug-likeness (QED) is 0.378. The number of nitrogens with one attached hydrogen (secondary N) is 1. The molecule has 1 unspecified atom stereocenters. The largest absolute Gasteiger partial charge is 0.481 e. The second kappa shape index (κ2) is 12.6. The summed E-state index contributed by atoms with van der Waals surface area (Å²) in [6, 6.07) is 17.6. The topological polar surface area (TPSA) is 124 Å². The minimum atomic E-state index is -1.71. The number of carbonyl (C=O) groups is 3. The smallest absolute Gasteiger partial charge is 0.334 e.